The van der Waals surface area contributed by atoms with E-state index in [2.05, 4.69) is 20.6 Å². The second kappa shape index (κ2) is 9.54. The molecule has 1 aromatic heterocycles. The fraction of sp³-hybridized carbons (Fsp3) is 0.318. The number of aromatic nitrogens is 2. The van der Waals surface area contributed by atoms with E-state index in [1.54, 1.807) is 24.3 Å². The quantitative estimate of drug-likeness (QED) is 0.536. The predicted octanol–water partition coefficient (Wildman–Crippen LogP) is 3.85. The van der Waals surface area contributed by atoms with Gasteiger partial charge in [0, 0.05) is 17.9 Å². The zero-order chi connectivity index (χ0) is 22.7. The molecule has 2 heterocycles. The van der Waals surface area contributed by atoms with Gasteiger partial charge in [0.2, 0.25) is 0 Å². The minimum absolute atomic E-state index is 0.00474. The SMILES string of the molecule is COC(=O)[C@@H]1C[C@H](Oc2cc3c(Nc4cccc(Cl)c4F)ncnc3cc2OC)CCN1. The van der Waals surface area contributed by atoms with Gasteiger partial charge in [-0.15, -0.1) is 0 Å². The first-order chi connectivity index (χ1) is 15.5. The van der Waals surface area contributed by atoms with Crippen LogP contribution in [0.2, 0.25) is 5.02 Å². The molecule has 1 aliphatic heterocycles. The number of methoxy groups -OCH3 is 2. The molecule has 0 radical (unpaired) electrons. The van der Waals surface area contributed by atoms with Crippen molar-refractivity contribution in [2.24, 2.45) is 0 Å². The van der Waals surface area contributed by atoms with Crippen molar-refractivity contribution >= 4 is 40.0 Å². The van der Waals surface area contributed by atoms with E-state index in [4.69, 9.17) is 25.8 Å². The lowest BCUT2D eigenvalue weighted by atomic mass is 10.0. The highest BCUT2D eigenvalue weighted by Gasteiger charge is 2.29. The molecule has 1 fully saturated rings. The first-order valence-electron chi connectivity index (χ1n) is 10.0. The molecular weight excluding hydrogens is 439 g/mol. The summed E-state index contributed by atoms with van der Waals surface area (Å²) in [5.41, 5.74) is 0.780. The normalized spacial score (nSPS) is 18.2. The summed E-state index contributed by atoms with van der Waals surface area (Å²) in [4.78, 5) is 20.5. The third kappa shape index (κ3) is 4.53. The lowest BCUT2D eigenvalue weighted by molar-refractivity contribution is -0.144. The highest BCUT2D eigenvalue weighted by atomic mass is 35.5. The molecule has 32 heavy (non-hydrogen) atoms. The maximum Gasteiger partial charge on any atom is 0.322 e. The number of rotatable bonds is 6. The number of anilines is 2. The van der Waals surface area contributed by atoms with E-state index in [9.17, 15) is 9.18 Å². The van der Waals surface area contributed by atoms with Crippen molar-refractivity contribution in [3.63, 3.8) is 0 Å². The Labute approximate surface area is 189 Å². The Kier molecular flexibility index (Phi) is 6.57. The average molecular weight is 461 g/mol. The summed E-state index contributed by atoms with van der Waals surface area (Å²) < 4.78 is 30.9. The first-order valence-corrected chi connectivity index (χ1v) is 10.4. The summed E-state index contributed by atoms with van der Waals surface area (Å²) in [5.74, 6) is 0.451. The highest BCUT2D eigenvalue weighted by Crippen LogP contribution is 2.36. The van der Waals surface area contributed by atoms with Gasteiger partial charge in [-0.05, 0) is 31.2 Å². The molecule has 0 amide bonds. The van der Waals surface area contributed by atoms with Crippen molar-refractivity contribution in [3.05, 3.63) is 47.5 Å². The summed E-state index contributed by atoms with van der Waals surface area (Å²) in [5, 5.41) is 6.72. The molecule has 3 aromatic rings. The van der Waals surface area contributed by atoms with Crippen molar-refractivity contribution in [3.8, 4) is 11.5 Å². The van der Waals surface area contributed by atoms with Gasteiger partial charge in [-0.3, -0.25) is 4.79 Å². The molecule has 1 aliphatic rings. The Morgan fingerprint density at radius 2 is 2.09 bits per heavy atom. The minimum Gasteiger partial charge on any atom is -0.493 e. The number of piperidine rings is 1. The summed E-state index contributed by atoms with van der Waals surface area (Å²) >= 11 is 5.89. The fourth-order valence-electron chi connectivity index (χ4n) is 3.63. The van der Waals surface area contributed by atoms with Crippen LogP contribution in [0.25, 0.3) is 10.9 Å². The average Bonchev–Trinajstić information content (AvgIpc) is 2.81. The number of carbonyl (C=O) groups is 1. The predicted molar refractivity (Wildman–Crippen MR) is 118 cm³/mol. The van der Waals surface area contributed by atoms with Gasteiger partial charge >= 0.3 is 5.97 Å². The Balaban J connectivity index is 1.66. The maximum absolute atomic E-state index is 14.4. The number of fused-ring (bicyclic) bond motifs is 1. The van der Waals surface area contributed by atoms with Crippen LogP contribution in [0.1, 0.15) is 12.8 Å². The molecule has 168 valence electrons. The van der Waals surface area contributed by atoms with Crippen LogP contribution in [-0.2, 0) is 9.53 Å². The van der Waals surface area contributed by atoms with Gasteiger partial charge < -0.3 is 24.8 Å². The maximum atomic E-state index is 14.4. The van der Waals surface area contributed by atoms with E-state index in [1.807, 2.05) is 0 Å². The molecule has 0 saturated carbocycles. The monoisotopic (exact) mass is 460 g/mol. The Hall–Kier alpha value is -3.17. The number of halogens is 2. The number of hydrogen-bond acceptors (Lipinski definition) is 8. The zero-order valence-corrected chi connectivity index (χ0v) is 18.3. The van der Waals surface area contributed by atoms with E-state index in [0.717, 1.165) is 0 Å². The Morgan fingerprint density at radius 3 is 2.88 bits per heavy atom. The zero-order valence-electron chi connectivity index (χ0n) is 17.5. The van der Waals surface area contributed by atoms with Gasteiger partial charge in [0.15, 0.2) is 17.3 Å². The van der Waals surface area contributed by atoms with Gasteiger partial charge in [0.1, 0.15) is 24.3 Å². The van der Waals surface area contributed by atoms with E-state index in [0.29, 0.717) is 47.6 Å². The molecule has 0 aliphatic carbocycles. The van der Waals surface area contributed by atoms with Gasteiger partial charge in [0.25, 0.3) is 0 Å². The third-order valence-electron chi connectivity index (χ3n) is 5.26. The van der Waals surface area contributed by atoms with Gasteiger partial charge in [-0.2, -0.15) is 0 Å². The van der Waals surface area contributed by atoms with Crippen LogP contribution in [0.3, 0.4) is 0 Å². The number of nitrogens with zero attached hydrogens (tertiary/aromatic N) is 2. The van der Waals surface area contributed by atoms with Crippen LogP contribution in [0.15, 0.2) is 36.7 Å². The lowest BCUT2D eigenvalue weighted by Gasteiger charge is -2.29. The molecule has 2 N–H and O–H groups in total. The van der Waals surface area contributed by atoms with E-state index in [1.165, 1.54) is 26.6 Å². The van der Waals surface area contributed by atoms with Crippen LogP contribution in [-0.4, -0.2) is 48.8 Å². The molecule has 0 unspecified atom stereocenters. The van der Waals surface area contributed by atoms with E-state index < -0.39 is 11.9 Å². The third-order valence-corrected chi connectivity index (χ3v) is 5.55. The van der Waals surface area contributed by atoms with Crippen molar-refractivity contribution in [2.75, 3.05) is 26.1 Å². The van der Waals surface area contributed by atoms with E-state index >= 15 is 0 Å². The Bertz CT molecular complexity index is 1150. The van der Waals surface area contributed by atoms with Gasteiger partial charge in [-0.25, -0.2) is 14.4 Å². The molecule has 0 spiro atoms. The molecule has 2 atom stereocenters. The smallest absolute Gasteiger partial charge is 0.322 e. The number of ether oxygens (including phenoxy) is 3. The van der Waals surface area contributed by atoms with E-state index in [-0.39, 0.29) is 22.8 Å². The number of nitrogens with one attached hydrogen (secondary N) is 2. The number of carbonyl (C=O) groups excluding carboxylic acids is 1. The number of benzene rings is 2. The molecule has 10 heteroatoms. The molecular formula is C22H22ClFN4O4. The van der Waals surface area contributed by atoms with Crippen LogP contribution in [0.5, 0.6) is 11.5 Å². The highest BCUT2D eigenvalue weighted by molar-refractivity contribution is 6.31. The molecule has 0 bridgehead atoms. The van der Waals surface area contributed by atoms with Crippen molar-refractivity contribution in [2.45, 2.75) is 25.0 Å². The molecule has 2 aromatic carbocycles. The van der Waals surface area contributed by atoms with Gasteiger partial charge in [-0.1, -0.05) is 17.7 Å². The fourth-order valence-corrected chi connectivity index (χ4v) is 3.81. The van der Waals surface area contributed by atoms with Crippen LogP contribution in [0.4, 0.5) is 15.9 Å². The lowest BCUT2D eigenvalue weighted by Crippen LogP contribution is -2.47. The van der Waals surface area contributed by atoms with Crippen LogP contribution in [0, 0.1) is 5.82 Å². The molecule has 8 nitrogen and oxygen atoms in total. The molecule has 4 rings (SSSR count). The topological polar surface area (TPSA) is 94.6 Å². The summed E-state index contributed by atoms with van der Waals surface area (Å²) in [6.07, 6.45) is 2.32. The van der Waals surface area contributed by atoms with Crippen molar-refractivity contribution < 1.29 is 23.4 Å². The number of hydrogen-bond donors (Lipinski definition) is 2. The summed E-state index contributed by atoms with van der Waals surface area (Å²) in [7, 11) is 2.90. The first kappa shape index (κ1) is 22.0. The second-order valence-corrected chi connectivity index (χ2v) is 7.67. The Morgan fingerprint density at radius 1 is 1.25 bits per heavy atom. The van der Waals surface area contributed by atoms with Crippen LogP contribution < -0.4 is 20.1 Å². The van der Waals surface area contributed by atoms with Crippen LogP contribution >= 0.6 is 11.6 Å². The second-order valence-electron chi connectivity index (χ2n) is 7.26. The minimum atomic E-state index is -0.575. The van der Waals surface area contributed by atoms with Crippen molar-refractivity contribution in [1.29, 1.82) is 0 Å². The van der Waals surface area contributed by atoms with Crippen molar-refractivity contribution in [1.82, 2.24) is 15.3 Å². The van der Waals surface area contributed by atoms with Gasteiger partial charge in [0.05, 0.1) is 30.4 Å². The largest absolute Gasteiger partial charge is 0.493 e. The molecule has 1 saturated heterocycles. The summed E-state index contributed by atoms with van der Waals surface area (Å²) in [6, 6.07) is 7.72. The standard InChI is InChI=1S/C22H22ClFN4O4/c1-30-18-10-16-13(9-19(18)32-12-6-7-25-17(8-12)22(29)31-2)21(27-11-26-16)28-15-5-3-4-14(23)20(15)24/h3-5,9-12,17,25H,6-8H2,1-2H3,(H,26,27,28)/t12-,17+/m1/s1. The number of esters is 1. The summed E-state index contributed by atoms with van der Waals surface area (Å²) in [6.45, 7) is 0.615.